The predicted octanol–water partition coefficient (Wildman–Crippen LogP) is 1.06. The van der Waals surface area contributed by atoms with E-state index in [9.17, 15) is 13.6 Å². The van der Waals surface area contributed by atoms with E-state index in [0.29, 0.717) is 6.54 Å². The van der Waals surface area contributed by atoms with Crippen molar-refractivity contribution in [2.24, 2.45) is 0 Å². The Kier molecular flexibility index (Phi) is 6.24. The standard InChI is InChI=1S/C17H21F2N5O2/c18-14-3-1-4-15(19)13(14)11-24-12-16(21-22-24)17(25)20-5-2-6-23-7-9-26-10-8-23/h1,3-4,12H,2,5-11H2,(H,20,25). The number of nitrogens with one attached hydrogen (secondary N) is 1. The molecule has 3 rings (SSSR count). The zero-order chi connectivity index (χ0) is 18.4. The highest BCUT2D eigenvalue weighted by Gasteiger charge is 2.14. The van der Waals surface area contributed by atoms with Crippen molar-refractivity contribution >= 4 is 5.91 Å². The molecule has 0 bridgehead atoms. The molecule has 0 aliphatic carbocycles. The molecule has 1 N–H and O–H groups in total. The normalized spacial score (nSPS) is 15.2. The van der Waals surface area contributed by atoms with Crippen LogP contribution in [0.25, 0.3) is 0 Å². The lowest BCUT2D eigenvalue weighted by atomic mass is 10.2. The van der Waals surface area contributed by atoms with Gasteiger partial charge in [-0.1, -0.05) is 11.3 Å². The van der Waals surface area contributed by atoms with Gasteiger partial charge in [0.1, 0.15) is 11.6 Å². The molecule has 0 atom stereocenters. The summed E-state index contributed by atoms with van der Waals surface area (Å²) in [6.07, 6.45) is 2.20. The Labute approximate surface area is 149 Å². The summed E-state index contributed by atoms with van der Waals surface area (Å²) in [4.78, 5) is 14.4. The van der Waals surface area contributed by atoms with E-state index < -0.39 is 11.6 Å². The fourth-order valence-corrected chi connectivity index (χ4v) is 2.75. The molecule has 0 spiro atoms. The van der Waals surface area contributed by atoms with Crippen LogP contribution < -0.4 is 5.32 Å². The Balaban J connectivity index is 1.47. The first kappa shape index (κ1) is 18.4. The Morgan fingerprint density at radius 2 is 1.96 bits per heavy atom. The van der Waals surface area contributed by atoms with Crippen molar-refractivity contribution in [1.29, 1.82) is 0 Å². The number of rotatable bonds is 7. The van der Waals surface area contributed by atoms with Crippen molar-refractivity contribution in [2.45, 2.75) is 13.0 Å². The third kappa shape index (κ3) is 4.83. The molecule has 1 amide bonds. The molecule has 1 aromatic heterocycles. The fourth-order valence-electron chi connectivity index (χ4n) is 2.75. The fraction of sp³-hybridized carbons (Fsp3) is 0.471. The summed E-state index contributed by atoms with van der Waals surface area (Å²) >= 11 is 0. The van der Waals surface area contributed by atoms with Crippen LogP contribution in [0.4, 0.5) is 8.78 Å². The number of aromatic nitrogens is 3. The lowest BCUT2D eigenvalue weighted by Gasteiger charge is -2.26. The summed E-state index contributed by atoms with van der Waals surface area (Å²) < 4.78 is 33.9. The van der Waals surface area contributed by atoms with Crippen LogP contribution in [-0.2, 0) is 11.3 Å². The van der Waals surface area contributed by atoms with E-state index in [1.807, 2.05) is 0 Å². The lowest BCUT2D eigenvalue weighted by Crippen LogP contribution is -2.38. The molecule has 1 saturated heterocycles. The Hall–Kier alpha value is -2.39. The van der Waals surface area contributed by atoms with Crippen LogP contribution in [-0.4, -0.2) is 65.2 Å². The maximum atomic E-state index is 13.7. The van der Waals surface area contributed by atoms with Gasteiger partial charge in [-0.15, -0.1) is 5.10 Å². The minimum atomic E-state index is -0.658. The predicted molar refractivity (Wildman–Crippen MR) is 89.7 cm³/mol. The van der Waals surface area contributed by atoms with E-state index in [4.69, 9.17) is 4.74 Å². The second-order valence-electron chi connectivity index (χ2n) is 6.07. The average Bonchev–Trinajstić information content (AvgIpc) is 3.11. The van der Waals surface area contributed by atoms with Crippen molar-refractivity contribution in [1.82, 2.24) is 25.2 Å². The summed E-state index contributed by atoms with van der Waals surface area (Å²) in [5.41, 5.74) is 0.00277. The van der Waals surface area contributed by atoms with Gasteiger partial charge in [-0.3, -0.25) is 9.69 Å². The van der Waals surface area contributed by atoms with E-state index in [2.05, 4.69) is 20.5 Å². The van der Waals surface area contributed by atoms with Crippen LogP contribution in [0, 0.1) is 11.6 Å². The summed E-state index contributed by atoms with van der Waals surface area (Å²) in [7, 11) is 0. The number of carbonyl (C=O) groups excluding carboxylic acids is 1. The maximum absolute atomic E-state index is 13.7. The van der Waals surface area contributed by atoms with Crippen molar-refractivity contribution in [3.8, 4) is 0 Å². The number of halogens is 2. The lowest BCUT2D eigenvalue weighted by molar-refractivity contribution is 0.0374. The average molecular weight is 365 g/mol. The molecule has 0 saturated carbocycles. The second-order valence-corrected chi connectivity index (χ2v) is 6.07. The maximum Gasteiger partial charge on any atom is 0.273 e. The van der Waals surface area contributed by atoms with Gasteiger partial charge in [0, 0.05) is 25.2 Å². The van der Waals surface area contributed by atoms with Gasteiger partial charge in [-0.2, -0.15) is 0 Å². The number of ether oxygens (including phenoxy) is 1. The SMILES string of the molecule is O=C(NCCCN1CCOCC1)c1cn(Cc2c(F)cccc2F)nn1. The number of hydrogen-bond acceptors (Lipinski definition) is 5. The summed E-state index contributed by atoms with van der Waals surface area (Å²) in [5.74, 6) is -1.67. The number of nitrogens with zero attached hydrogens (tertiary/aromatic N) is 4. The Bertz CT molecular complexity index is 726. The summed E-state index contributed by atoms with van der Waals surface area (Å²) in [6.45, 7) is 4.60. The smallest absolute Gasteiger partial charge is 0.273 e. The molecule has 0 unspecified atom stereocenters. The number of hydrogen-bond donors (Lipinski definition) is 1. The molecular formula is C17H21F2N5O2. The highest BCUT2D eigenvalue weighted by atomic mass is 19.1. The largest absolute Gasteiger partial charge is 0.379 e. The van der Waals surface area contributed by atoms with Gasteiger partial charge in [-0.25, -0.2) is 13.5 Å². The molecule has 26 heavy (non-hydrogen) atoms. The zero-order valence-corrected chi connectivity index (χ0v) is 14.3. The van der Waals surface area contributed by atoms with Crippen molar-refractivity contribution in [3.05, 3.63) is 47.3 Å². The Morgan fingerprint density at radius 3 is 2.69 bits per heavy atom. The molecule has 2 heterocycles. The van der Waals surface area contributed by atoms with Gasteiger partial charge in [0.2, 0.25) is 0 Å². The van der Waals surface area contributed by atoms with Crippen LogP contribution in [0.15, 0.2) is 24.4 Å². The molecule has 9 heteroatoms. The number of carbonyl (C=O) groups is 1. The van der Waals surface area contributed by atoms with Crippen LogP contribution in [0.5, 0.6) is 0 Å². The minimum Gasteiger partial charge on any atom is -0.379 e. The van der Waals surface area contributed by atoms with Gasteiger partial charge in [0.15, 0.2) is 5.69 Å². The molecule has 0 radical (unpaired) electrons. The summed E-state index contributed by atoms with van der Waals surface area (Å²) in [6, 6.07) is 3.65. The van der Waals surface area contributed by atoms with Crippen LogP contribution >= 0.6 is 0 Å². The molecule has 1 fully saturated rings. The monoisotopic (exact) mass is 365 g/mol. The molecule has 1 aromatic carbocycles. The highest BCUT2D eigenvalue weighted by molar-refractivity contribution is 5.91. The first-order valence-corrected chi connectivity index (χ1v) is 8.55. The highest BCUT2D eigenvalue weighted by Crippen LogP contribution is 2.13. The number of benzene rings is 1. The van der Waals surface area contributed by atoms with E-state index in [-0.39, 0.29) is 23.7 Å². The number of morpholine rings is 1. The quantitative estimate of drug-likeness (QED) is 0.743. The van der Waals surface area contributed by atoms with Gasteiger partial charge in [-0.05, 0) is 25.1 Å². The van der Waals surface area contributed by atoms with Gasteiger partial charge in [0.25, 0.3) is 5.91 Å². The topological polar surface area (TPSA) is 72.3 Å². The first-order valence-electron chi connectivity index (χ1n) is 8.55. The van der Waals surface area contributed by atoms with E-state index in [1.54, 1.807) is 0 Å². The first-order chi connectivity index (χ1) is 12.6. The van der Waals surface area contributed by atoms with E-state index in [0.717, 1.165) is 39.3 Å². The Morgan fingerprint density at radius 1 is 1.23 bits per heavy atom. The molecule has 2 aromatic rings. The zero-order valence-electron chi connectivity index (χ0n) is 14.3. The second kappa shape index (κ2) is 8.81. The van der Waals surface area contributed by atoms with Gasteiger partial charge >= 0.3 is 0 Å². The minimum absolute atomic E-state index is 0.116. The third-order valence-electron chi connectivity index (χ3n) is 4.19. The molecule has 1 aliphatic rings. The van der Waals surface area contributed by atoms with Crippen molar-refractivity contribution in [2.75, 3.05) is 39.4 Å². The molecule has 1 aliphatic heterocycles. The van der Waals surface area contributed by atoms with Gasteiger partial charge < -0.3 is 10.1 Å². The van der Waals surface area contributed by atoms with Crippen LogP contribution in [0.3, 0.4) is 0 Å². The summed E-state index contributed by atoms with van der Waals surface area (Å²) in [5, 5.41) is 10.3. The molecule has 140 valence electrons. The molecule has 7 nitrogen and oxygen atoms in total. The van der Waals surface area contributed by atoms with Crippen molar-refractivity contribution in [3.63, 3.8) is 0 Å². The third-order valence-corrected chi connectivity index (χ3v) is 4.19. The van der Waals surface area contributed by atoms with Gasteiger partial charge in [0.05, 0.1) is 26.0 Å². The molecular weight excluding hydrogens is 344 g/mol. The van der Waals surface area contributed by atoms with E-state index in [1.165, 1.54) is 29.1 Å². The van der Waals surface area contributed by atoms with E-state index >= 15 is 0 Å². The van der Waals surface area contributed by atoms with Crippen molar-refractivity contribution < 1.29 is 18.3 Å². The number of amides is 1. The van der Waals surface area contributed by atoms with Crippen LogP contribution in [0.1, 0.15) is 22.5 Å². The van der Waals surface area contributed by atoms with Crippen LogP contribution in [0.2, 0.25) is 0 Å².